The standard InChI is InChI=1S/C17H16F3N/c18-17(19,20)16-7-2-1-4-14(16)11-21-15-9-8-12-5-3-6-13(12)10-15/h1-2,4,7-10,21H,3,5-6,11H2. The fraction of sp³-hybridized carbons (Fsp3) is 0.294. The van der Waals surface area contributed by atoms with Gasteiger partial charge in [0.2, 0.25) is 0 Å². The molecule has 0 atom stereocenters. The van der Waals surface area contributed by atoms with Crippen LogP contribution in [-0.4, -0.2) is 0 Å². The van der Waals surface area contributed by atoms with Crippen molar-refractivity contribution in [2.45, 2.75) is 32.0 Å². The van der Waals surface area contributed by atoms with E-state index in [-0.39, 0.29) is 12.1 Å². The Morgan fingerprint density at radius 1 is 0.952 bits per heavy atom. The highest BCUT2D eigenvalue weighted by atomic mass is 19.4. The fourth-order valence-corrected chi connectivity index (χ4v) is 2.83. The first-order valence-electron chi connectivity index (χ1n) is 7.05. The molecule has 0 bridgehead atoms. The molecule has 110 valence electrons. The minimum Gasteiger partial charge on any atom is -0.381 e. The van der Waals surface area contributed by atoms with E-state index in [0.29, 0.717) is 0 Å². The van der Waals surface area contributed by atoms with Crippen LogP contribution in [0.4, 0.5) is 18.9 Å². The third-order valence-electron chi connectivity index (χ3n) is 3.90. The molecule has 2 aromatic rings. The van der Waals surface area contributed by atoms with Gasteiger partial charge < -0.3 is 5.32 Å². The number of hydrogen-bond donors (Lipinski definition) is 1. The molecule has 3 rings (SSSR count). The van der Waals surface area contributed by atoms with E-state index >= 15 is 0 Å². The summed E-state index contributed by atoms with van der Waals surface area (Å²) in [5.41, 5.74) is 3.25. The van der Waals surface area contributed by atoms with Crippen molar-refractivity contribution in [2.24, 2.45) is 0 Å². The molecular weight excluding hydrogens is 275 g/mol. The highest BCUT2D eigenvalue weighted by molar-refractivity contribution is 5.50. The average molecular weight is 291 g/mol. The molecule has 1 aliphatic carbocycles. The molecule has 0 heterocycles. The molecule has 0 unspecified atom stereocenters. The summed E-state index contributed by atoms with van der Waals surface area (Å²) in [6.07, 6.45) is -0.984. The Balaban J connectivity index is 1.76. The van der Waals surface area contributed by atoms with Crippen molar-refractivity contribution in [3.05, 3.63) is 64.7 Å². The summed E-state index contributed by atoms with van der Waals surface area (Å²) in [6.45, 7) is 0.175. The van der Waals surface area contributed by atoms with Crippen LogP contribution < -0.4 is 5.32 Å². The van der Waals surface area contributed by atoms with E-state index in [1.54, 1.807) is 6.07 Å². The van der Waals surface area contributed by atoms with Gasteiger partial charge in [-0.3, -0.25) is 0 Å². The topological polar surface area (TPSA) is 12.0 Å². The summed E-state index contributed by atoms with van der Waals surface area (Å²) in [4.78, 5) is 0. The molecule has 1 nitrogen and oxygen atoms in total. The first kappa shape index (κ1) is 14.0. The lowest BCUT2D eigenvalue weighted by molar-refractivity contribution is -0.138. The number of alkyl halides is 3. The van der Waals surface area contributed by atoms with Gasteiger partial charge in [-0.05, 0) is 54.2 Å². The zero-order valence-electron chi connectivity index (χ0n) is 11.5. The SMILES string of the molecule is FC(F)(F)c1ccccc1CNc1ccc2c(c1)CCC2. The number of aryl methyl sites for hydroxylation is 2. The average Bonchev–Trinajstić information content (AvgIpc) is 2.92. The van der Waals surface area contributed by atoms with Gasteiger partial charge in [0.05, 0.1) is 5.56 Å². The molecule has 2 aromatic carbocycles. The number of halogens is 3. The van der Waals surface area contributed by atoms with Gasteiger partial charge in [0, 0.05) is 12.2 Å². The summed E-state index contributed by atoms with van der Waals surface area (Å²) in [6, 6.07) is 11.8. The van der Waals surface area contributed by atoms with Crippen LogP contribution >= 0.6 is 0 Å². The second-order valence-electron chi connectivity index (χ2n) is 5.35. The number of nitrogens with one attached hydrogen (secondary N) is 1. The largest absolute Gasteiger partial charge is 0.416 e. The second-order valence-corrected chi connectivity index (χ2v) is 5.35. The van der Waals surface area contributed by atoms with Crippen molar-refractivity contribution in [3.63, 3.8) is 0 Å². The Morgan fingerprint density at radius 3 is 2.52 bits per heavy atom. The number of rotatable bonds is 3. The molecule has 0 saturated carbocycles. The maximum atomic E-state index is 12.9. The molecule has 21 heavy (non-hydrogen) atoms. The molecule has 0 spiro atoms. The smallest absolute Gasteiger partial charge is 0.381 e. The van der Waals surface area contributed by atoms with Crippen LogP contribution in [0.3, 0.4) is 0 Å². The molecule has 4 heteroatoms. The predicted octanol–water partition coefficient (Wildman–Crippen LogP) is 4.81. The number of benzene rings is 2. The third-order valence-corrected chi connectivity index (χ3v) is 3.90. The quantitative estimate of drug-likeness (QED) is 0.856. The van der Waals surface area contributed by atoms with E-state index < -0.39 is 11.7 Å². The van der Waals surface area contributed by atoms with Gasteiger partial charge in [-0.25, -0.2) is 0 Å². The number of anilines is 1. The van der Waals surface area contributed by atoms with Gasteiger partial charge in [-0.2, -0.15) is 13.2 Å². The van der Waals surface area contributed by atoms with Gasteiger partial charge in [0.25, 0.3) is 0 Å². The fourth-order valence-electron chi connectivity index (χ4n) is 2.83. The summed E-state index contributed by atoms with van der Waals surface area (Å²) in [5, 5.41) is 3.10. The van der Waals surface area contributed by atoms with Crippen molar-refractivity contribution in [3.8, 4) is 0 Å². The van der Waals surface area contributed by atoms with Crippen LogP contribution in [0, 0.1) is 0 Å². The molecule has 1 N–H and O–H groups in total. The van der Waals surface area contributed by atoms with Gasteiger partial charge in [0.1, 0.15) is 0 Å². The van der Waals surface area contributed by atoms with E-state index in [4.69, 9.17) is 0 Å². The zero-order chi connectivity index (χ0) is 14.9. The van der Waals surface area contributed by atoms with Crippen LogP contribution in [0.5, 0.6) is 0 Å². The molecule has 0 radical (unpaired) electrons. The van der Waals surface area contributed by atoms with E-state index in [1.807, 2.05) is 6.07 Å². The molecule has 1 aliphatic rings. The Morgan fingerprint density at radius 2 is 1.71 bits per heavy atom. The Hall–Kier alpha value is -1.97. The summed E-state index contributed by atoms with van der Waals surface area (Å²) < 4.78 is 38.8. The molecule has 0 amide bonds. The monoisotopic (exact) mass is 291 g/mol. The normalized spacial score (nSPS) is 14.0. The minimum absolute atomic E-state index is 0.175. The van der Waals surface area contributed by atoms with Crippen molar-refractivity contribution in [2.75, 3.05) is 5.32 Å². The van der Waals surface area contributed by atoms with Gasteiger partial charge in [0.15, 0.2) is 0 Å². The van der Waals surface area contributed by atoms with Crippen molar-refractivity contribution >= 4 is 5.69 Å². The van der Waals surface area contributed by atoms with Gasteiger partial charge >= 0.3 is 6.18 Å². The maximum absolute atomic E-state index is 12.9. The van der Waals surface area contributed by atoms with Crippen molar-refractivity contribution in [1.29, 1.82) is 0 Å². The molecule has 0 saturated heterocycles. The van der Waals surface area contributed by atoms with Crippen molar-refractivity contribution in [1.82, 2.24) is 0 Å². The van der Waals surface area contributed by atoms with Crippen LogP contribution in [0.15, 0.2) is 42.5 Å². The highest BCUT2D eigenvalue weighted by Gasteiger charge is 2.32. The lowest BCUT2D eigenvalue weighted by Crippen LogP contribution is -2.11. The minimum atomic E-state index is -4.31. The van der Waals surface area contributed by atoms with Gasteiger partial charge in [-0.1, -0.05) is 24.3 Å². The van der Waals surface area contributed by atoms with E-state index in [0.717, 1.165) is 31.0 Å². The molecule has 0 fully saturated rings. The summed E-state index contributed by atoms with van der Waals surface area (Å²) in [5.74, 6) is 0. The number of fused-ring (bicyclic) bond motifs is 1. The van der Waals surface area contributed by atoms with Crippen LogP contribution in [0.25, 0.3) is 0 Å². The lowest BCUT2D eigenvalue weighted by atomic mass is 10.1. The number of hydrogen-bond acceptors (Lipinski definition) is 1. The Labute approximate surface area is 121 Å². The van der Waals surface area contributed by atoms with E-state index in [9.17, 15) is 13.2 Å². The van der Waals surface area contributed by atoms with Crippen LogP contribution in [-0.2, 0) is 25.6 Å². The van der Waals surface area contributed by atoms with Crippen molar-refractivity contribution < 1.29 is 13.2 Å². The summed E-state index contributed by atoms with van der Waals surface area (Å²) >= 11 is 0. The highest BCUT2D eigenvalue weighted by Crippen LogP contribution is 2.32. The van der Waals surface area contributed by atoms with Crippen LogP contribution in [0.2, 0.25) is 0 Å². The molecule has 0 aliphatic heterocycles. The summed E-state index contributed by atoms with van der Waals surface area (Å²) in [7, 11) is 0. The maximum Gasteiger partial charge on any atom is 0.416 e. The first-order valence-corrected chi connectivity index (χ1v) is 7.05. The van der Waals surface area contributed by atoms with Crippen LogP contribution in [0.1, 0.15) is 28.7 Å². The zero-order valence-corrected chi connectivity index (χ0v) is 11.5. The molecular formula is C17H16F3N. The van der Waals surface area contributed by atoms with Gasteiger partial charge in [-0.15, -0.1) is 0 Å². The second kappa shape index (κ2) is 5.43. The Bertz CT molecular complexity index is 647. The lowest BCUT2D eigenvalue weighted by Gasteiger charge is -2.14. The molecule has 0 aromatic heterocycles. The van der Waals surface area contributed by atoms with E-state index in [2.05, 4.69) is 17.4 Å². The third kappa shape index (κ3) is 3.04. The Kier molecular flexibility index (Phi) is 3.62. The predicted molar refractivity (Wildman–Crippen MR) is 77.2 cm³/mol. The van der Waals surface area contributed by atoms with E-state index in [1.165, 1.54) is 23.3 Å². The first-order chi connectivity index (χ1) is 10.0.